The minimum absolute atomic E-state index is 0.529. The molecule has 1 heterocycles. The van der Waals surface area contributed by atoms with E-state index >= 15 is 0 Å². The van der Waals surface area contributed by atoms with Crippen LogP contribution in [-0.4, -0.2) is 26.8 Å². The number of hydrogen-bond donors (Lipinski definition) is 1. The lowest BCUT2D eigenvalue weighted by atomic mass is 10.1. The third kappa shape index (κ3) is 2.73. The SMILES string of the molecule is COCC1CCN(c2c(Cl)cccc2CN)C1. The van der Waals surface area contributed by atoms with Crippen LogP contribution in [0, 0.1) is 5.92 Å². The van der Waals surface area contributed by atoms with Gasteiger partial charge in [-0.15, -0.1) is 0 Å². The van der Waals surface area contributed by atoms with Crippen molar-refractivity contribution in [3.8, 4) is 0 Å². The molecule has 0 aromatic heterocycles. The van der Waals surface area contributed by atoms with Gasteiger partial charge >= 0.3 is 0 Å². The number of nitrogens with two attached hydrogens (primary N) is 1. The first-order chi connectivity index (χ1) is 8.26. The summed E-state index contributed by atoms with van der Waals surface area (Å²) in [4.78, 5) is 2.33. The molecule has 1 aliphatic rings. The van der Waals surface area contributed by atoms with Crippen molar-refractivity contribution in [3.05, 3.63) is 28.8 Å². The highest BCUT2D eigenvalue weighted by molar-refractivity contribution is 6.33. The van der Waals surface area contributed by atoms with Crippen molar-refractivity contribution in [1.29, 1.82) is 0 Å². The lowest BCUT2D eigenvalue weighted by Gasteiger charge is -2.23. The first kappa shape index (κ1) is 12.7. The summed E-state index contributed by atoms with van der Waals surface area (Å²) in [5, 5.41) is 0.797. The van der Waals surface area contributed by atoms with Crippen LogP contribution in [0.25, 0.3) is 0 Å². The van der Waals surface area contributed by atoms with Crippen molar-refractivity contribution >= 4 is 17.3 Å². The van der Waals surface area contributed by atoms with Gasteiger partial charge in [-0.1, -0.05) is 23.7 Å². The zero-order valence-electron chi connectivity index (χ0n) is 10.2. The molecule has 4 heteroatoms. The molecule has 3 nitrogen and oxygen atoms in total. The quantitative estimate of drug-likeness (QED) is 0.896. The molecule has 0 radical (unpaired) electrons. The normalized spacial score (nSPS) is 19.9. The maximum absolute atomic E-state index is 6.28. The molecule has 0 bridgehead atoms. The Labute approximate surface area is 107 Å². The van der Waals surface area contributed by atoms with Gasteiger partial charge in [0.2, 0.25) is 0 Å². The molecule has 0 aliphatic carbocycles. The highest BCUT2D eigenvalue weighted by Crippen LogP contribution is 2.33. The first-order valence-electron chi connectivity index (χ1n) is 5.97. The molecule has 1 atom stereocenters. The van der Waals surface area contributed by atoms with E-state index < -0.39 is 0 Å². The van der Waals surface area contributed by atoms with E-state index in [-0.39, 0.29) is 0 Å². The Morgan fingerprint density at radius 2 is 2.35 bits per heavy atom. The van der Waals surface area contributed by atoms with Crippen molar-refractivity contribution in [2.45, 2.75) is 13.0 Å². The number of anilines is 1. The average Bonchev–Trinajstić information content (AvgIpc) is 2.77. The number of halogens is 1. The van der Waals surface area contributed by atoms with Crippen LogP contribution in [0.4, 0.5) is 5.69 Å². The lowest BCUT2D eigenvalue weighted by molar-refractivity contribution is 0.161. The van der Waals surface area contributed by atoms with Crippen molar-refractivity contribution < 1.29 is 4.74 Å². The van der Waals surface area contributed by atoms with Gasteiger partial charge in [-0.05, 0) is 18.1 Å². The van der Waals surface area contributed by atoms with E-state index in [0.29, 0.717) is 12.5 Å². The molecule has 2 rings (SSSR count). The van der Waals surface area contributed by atoms with Crippen LogP contribution >= 0.6 is 11.6 Å². The fraction of sp³-hybridized carbons (Fsp3) is 0.538. The van der Waals surface area contributed by atoms with Crippen LogP contribution in [0.2, 0.25) is 5.02 Å². The molecule has 0 saturated carbocycles. The standard InChI is InChI=1S/C13H19ClN2O/c1-17-9-10-5-6-16(8-10)13-11(7-15)3-2-4-12(13)14/h2-4,10H,5-9,15H2,1H3. The Morgan fingerprint density at radius 1 is 1.53 bits per heavy atom. The Hall–Kier alpha value is -0.770. The zero-order valence-corrected chi connectivity index (χ0v) is 10.9. The molecular formula is C13H19ClN2O. The minimum atomic E-state index is 0.529. The van der Waals surface area contributed by atoms with Crippen molar-refractivity contribution in [3.63, 3.8) is 0 Å². The molecule has 2 N–H and O–H groups in total. The Bertz CT molecular complexity index is 384. The third-order valence-electron chi connectivity index (χ3n) is 3.29. The molecule has 1 aromatic rings. The van der Waals surface area contributed by atoms with E-state index in [0.717, 1.165) is 42.4 Å². The number of para-hydroxylation sites is 1. The van der Waals surface area contributed by atoms with E-state index in [2.05, 4.69) is 4.90 Å². The molecule has 1 aliphatic heterocycles. The Kier molecular flexibility index (Phi) is 4.26. The van der Waals surface area contributed by atoms with Crippen LogP contribution in [0.15, 0.2) is 18.2 Å². The van der Waals surface area contributed by atoms with Gasteiger partial charge in [-0.3, -0.25) is 0 Å². The number of nitrogens with zero attached hydrogens (tertiary/aromatic N) is 1. The van der Waals surface area contributed by atoms with Crippen LogP contribution < -0.4 is 10.6 Å². The van der Waals surface area contributed by atoms with Gasteiger partial charge in [0.15, 0.2) is 0 Å². The summed E-state index contributed by atoms with van der Waals surface area (Å²) in [5.41, 5.74) is 8.00. The Morgan fingerprint density at radius 3 is 3.06 bits per heavy atom. The number of methoxy groups -OCH3 is 1. The molecule has 1 aromatic carbocycles. The molecule has 1 saturated heterocycles. The predicted octanol–water partition coefficient (Wildman–Crippen LogP) is 2.27. The number of ether oxygens (including phenoxy) is 1. The van der Waals surface area contributed by atoms with E-state index in [1.54, 1.807) is 7.11 Å². The average molecular weight is 255 g/mol. The van der Waals surface area contributed by atoms with E-state index in [1.165, 1.54) is 0 Å². The summed E-state index contributed by atoms with van der Waals surface area (Å²) in [5.74, 6) is 0.599. The fourth-order valence-electron chi connectivity index (χ4n) is 2.49. The summed E-state index contributed by atoms with van der Waals surface area (Å²) < 4.78 is 5.21. The van der Waals surface area contributed by atoms with E-state index in [4.69, 9.17) is 22.1 Å². The number of benzene rings is 1. The second-order valence-corrected chi connectivity index (χ2v) is 4.91. The third-order valence-corrected chi connectivity index (χ3v) is 3.60. The molecule has 94 valence electrons. The molecule has 0 spiro atoms. The number of rotatable bonds is 4. The fourth-order valence-corrected chi connectivity index (χ4v) is 2.80. The summed E-state index contributed by atoms with van der Waals surface area (Å²) in [6.45, 7) is 3.38. The highest BCUT2D eigenvalue weighted by Gasteiger charge is 2.25. The first-order valence-corrected chi connectivity index (χ1v) is 6.35. The van der Waals surface area contributed by atoms with Gasteiger partial charge in [0.1, 0.15) is 0 Å². The summed E-state index contributed by atoms with van der Waals surface area (Å²) in [7, 11) is 1.75. The molecule has 1 fully saturated rings. The maximum atomic E-state index is 6.28. The van der Waals surface area contributed by atoms with Crippen molar-refractivity contribution in [2.75, 3.05) is 31.7 Å². The Balaban J connectivity index is 2.18. The molecular weight excluding hydrogens is 236 g/mol. The topological polar surface area (TPSA) is 38.5 Å². The molecule has 1 unspecified atom stereocenters. The minimum Gasteiger partial charge on any atom is -0.384 e. The highest BCUT2D eigenvalue weighted by atomic mass is 35.5. The molecule has 0 amide bonds. The van der Waals surface area contributed by atoms with Gasteiger partial charge in [-0.2, -0.15) is 0 Å². The van der Waals surface area contributed by atoms with Gasteiger partial charge in [0, 0.05) is 32.7 Å². The second kappa shape index (κ2) is 5.71. The second-order valence-electron chi connectivity index (χ2n) is 4.51. The van der Waals surface area contributed by atoms with E-state index in [9.17, 15) is 0 Å². The van der Waals surface area contributed by atoms with Crippen LogP contribution in [0.1, 0.15) is 12.0 Å². The maximum Gasteiger partial charge on any atom is 0.0642 e. The van der Waals surface area contributed by atoms with Gasteiger partial charge in [-0.25, -0.2) is 0 Å². The van der Waals surface area contributed by atoms with Gasteiger partial charge < -0.3 is 15.4 Å². The summed E-state index contributed by atoms with van der Waals surface area (Å²) >= 11 is 6.28. The smallest absolute Gasteiger partial charge is 0.0642 e. The van der Waals surface area contributed by atoms with E-state index in [1.807, 2.05) is 18.2 Å². The van der Waals surface area contributed by atoms with Crippen LogP contribution in [0.3, 0.4) is 0 Å². The largest absolute Gasteiger partial charge is 0.384 e. The van der Waals surface area contributed by atoms with Gasteiger partial charge in [0.25, 0.3) is 0 Å². The lowest BCUT2D eigenvalue weighted by Crippen LogP contribution is -2.23. The van der Waals surface area contributed by atoms with Crippen molar-refractivity contribution in [1.82, 2.24) is 0 Å². The zero-order chi connectivity index (χ0) is 12.3. The van der Waals surface area contributed by atoms with Crippen LogP contribution in [0.5, 0.6) is 0 Å². The van der Waals surface area contributed by atoms with Gasteiger partial charge in [0.05, 0.1) is 17.3 Å². The van der Waals surface area contributed by atoms with Crippen molar-refractivity contribution in [2.24, 2.45) is 11.7 Å². The monoisotopic (exact) mass is 254 g/mol. The van der Waals surface area contributed by atoms with Crippen LogP contribution in [-0.2, 0) is 11.3 Å². The summed E-state index contributed by atoms with van der Waals surface area (Å²) in [6, 6.07) is 5.93. The molecule has 17 heavy (non-hydrogen) atoms. The summed E-state index contributed by atoms with van der Waals surface area (Å²) in [6.07, 6.45) is 1.16. The number of hydrogen-bond acceptors (Lipinski definition) is 3. The predicted molar refractivity (Wildman–Crippen MR) is 71.5 cm³/mol.